The number of rotatable bonds is 6. The van der Waals surface area contributed by atoms with Crippen molar-refractivity contribution in [2.45, 2.75) is 39.5 Å². The normalized spacial score (nSPS) is 10.3. The zero-order valence-corrected chi connectivity index (χ0v) is 10.6. The van der Waals surface area contributed by atoms with Gasteiger partial charge in [0.2, 0.25) is 0 Å². The van der Waals surface area contributed by atoms with Crippen LogP contribution in [0, 0.1) is 0 Å². The summed E-state index contributed by atoms with van der Waals surface area (Å²) in [4.78, 5) is 26.1. The molecule has 0 fully saturated rings. The highest BCUT2D eigenvalue weighted by Gasteiger charge is 2.20. The van der Waals surface area contributed by atoms with Gasteiger partial charge >= 0.3 is 11.9 Å². The third-order valence-electron chi connectivity index (χ3n) is 2.73. The van der Waals surface area contributed by atoms with Crippen LogP contribution < -0.4 is 0 Å². The maximum Gasteiger partial charge on any atom is 0.354 e. The van der Waals surface area contributed by atoms with Crippen molar-refractivity contribution in [1.29, 1.82) is 0 Å². The van der Waals surface area contributed by atoms with E-state index in [9.17, 15) is 9.59 Å². The molecule has 0 saturated carbocycles. The lowest BCUT2D eigenvalue weighted by atomic mass is 9.94. The van der Waals surface area contributed by atoms with E-state index >= 15 is 0 Å². The second kappa shape index (κ2) is 6.14. The van der Waals surface area contributed by atoms with Gasteiger partial charge in [-0.2, -0.15) is 0 Å². The molecule has 0 bridgehead atoms. The van der Waals surface area contributed by atoms with Gasteiger partial charge in [-0.05, 0) is 24.0 Å². The van der Waals surface area contributed by atoms with E-state index < -0.39 is 11.9 Å². The van der Waals surface area contributed by atoms with Crippen LogP contribution >= 0.6 is 0 Å². The van der Waals surface area contributed by atoms with E-state index in [0.717, 1.165) is 19.0 Å². The summed E-state index contributed by atoms with van der Waals surface area (Å²) >= 11 is 0. The van der Waals surface area contributed by atoms with E-state index in [1.165, 1.54) is 0 Å². The van der Waals surface area contributed by atoms with Gasteiger partial charge in [0, 0.05) is 6.20 Å². The average Bonchev–Trinajstić information content (AvgIpc) is 2.30. The minimum atomic E-state index is -1.10. The minimum absolute atomic E-state index is 0.0229. The maximum absolute atomic E-state index is 11.1. The zero-order valence-electron chi connectivity index (χ0n) is 10.6. The molecule has 1 aromatic rings. The molecule has 18 heavy (non-hydrogen) atoms. The van der Waals surface area contributed by atoms with Crippen molar-refractivity contribution in [3.8, 4) is 0 Å². The lowest BCUT2D eigenvalue weighted by Gasteiger charge is -2.13. The van der Waals surface area contributed by atoms with Crippen LogP contribution in [0.25, 0.3) is 0 Å². The number of pyridine rings is 1. The van der Waals surface area contributed by atoms with Gasteiger partial charge in [-0.15, -0.1) is 0 Å². The van der Waals surface area contributed by atoms with E-state index in [0.29, 0.717) is 24.0 Å². The summed E-state index contributed by atoms with van der Waals surface area (Å²) in [5, 5.41) is 18.2. The molecular formula is C13H17NO4. The van der Waals surface area contributed by atoms with E-state index in [1.54, 1.807) is 0 Å². The van der Waals surface area contributed by atoms with E-state index in [4.69, 9.17) is 10.2 Å². The Balaban J connectivity index is 3.48. The number of aromatic nitrogens is 1. The monoisotopic (exact) mass is 251 g/mol. The van der Waals surface area contributed by atoms with Gasteiger partial charge in [0.1, 0.15) is 0 Å². The Kier molecular flexibility index (Phi) is 4.83. The molecule has 0 aliphatic carbocycles. The highest BCUT2D eigenvalue weighted by molar-refractivity contribution is 5.93. The minimum Gasteiger partial charge on any atom is -0.478 e. The zero-order chi connectivity index (χ0) is 13.7. The predicted molar refractivity (Wildman–Crippen MR) is 66.1 cm³/mol. The Morgan fingerprint density at radius 2 is 1.61 bits per heavy atom. The number of hydrogen-bond donors (Lipinski definition) is 2. The van der Waals surface area contributed by atoms with E-state index in [2.05, 4.69) is 4.98 Å². The van der Waals surface area contributed by atoms with Crippen LogP contribution in [0.4, 0.5) is 0 Å². The second-order valence-corrected chi connectivity index (χ2v) is 4.09. The first-order valence-corrected chi connectivity index (χ1v) is 6.00. The summed E-state index contributed by atoms with van der Waals surface area (Å²) in [5.41, 5.74) is 1.27. The second-order valence-electron chi connectivity index (χ2n) is 4.09. The summed E-state index contributed by atoms with van der Waals surface area (Å²) in [7, 11) is 0. The number of hydrogen-bond acceptors (Lipinski definition) is 3. The fraction of sp³-hybridized carbons (Fsp3) is 0.462. The Labute approximate surface area is 105 Å². The van der Waals surface area contributed by atoms with Crippen LogP contribution in [-0.2, 0) is 12.8 Å². The van der Waals surface area contributed by atoms with Crippen molar-refractivity contribution >= 4 is 11.9 Å². The quantitative estimate of drug-likeness (QED) is 0.810. The molecule has 1 aromatic heterocycles. The Hall–Kier alpha value is -1.91. The molecule has 0 aliphatic rings. The first-order valence-electron chi connectivity index (χ1n) is 6.00. The Bertz CT molecular complexity index is 425. The van der Waals surface area contributed by atoms with Crippen molar-refractivity contribution in [2.24, 2.45) is 0 Å². The van der Waals surface area contributed by atoms with Crippen LogP contribution in [0.3, 0.4) is 0 Å². The molecule has 0 unspecified atom stereocenters. The van der Waals surface area contributed by atoms with Crippen LogP contribution in [0.15, 0.2) is 6.20 Å². The summed E-state index contributed by atoms with van der Waals surface area (Å²) in [6, 6.07) is 0. The van der Waals surface area contributed by atoms with Crippen molar-refractivity contribution in [2.75, 3.05) is 0 Å². The molecule has 0 atom stereocenters. The number of carboxylic acids is 2. The van der Waals surface area contributed by atoms with Crippen molar-refractivity contribution in [3.63, 3.8) is 0 Å². The molecule has 2 N–H and O–H groups in total. The number of nitrogens with zero attached hydrogens (tertiary/aromatic N) is 1. The van der Waals surface area contributed by atoms with Crippen LogP contribution in [0.1, 0.15) is 58.7 Å². The molecule has 98 valence electrons. The largest absolute Gasteiger partial charge is 0.478 e. The van der Waals surface area contributed by atoms with Crippen LogP contribution in [0.2, 0.25) is 0 Å². The van der Waals surface area contributed by atoms with Gasteiger partial charge < -0.3 is 10.2 Å². The van der Waals surface area contributed by atoms with Crippen LogP contribution in [0.5, 0.6) is 0 Å². The van der Waals surface area contributed by atoms with Gasteiger partial charge in [0.05, 0.1) is 5.56 Å². The third kappa shape index (κ3) is 2.85. The molecule has 0 spiro atoms. The lowest BCUT2D eigenvalue weighted by Crippen LogP contribution is -2.14. The number of carboxylic acid groups (broad SMARTS) is 2. The predicted octanol–water partition coefficient (Wildman–Crippen LogP) is 2.38. The molecule has 1 heterocycles. The molecule has 0 radical (unpaired) electrons. The Morgan fingerprint density at radius 1 is 1.06 bits per heavy atom. The number of carbonyl (C=O) groups is 2. The van der Waals surface area contributed by atoms with Gasteiger partial charge in [0.15, 0.2) is 5.69 Å². The highest BCUT2D eigenvalue weighted by atomic mass is 16.4. The van der Waals surface area contributed by atoms with Gasteiger partial charge in [-0.1, -0.05) is 26.7 Å². The lowest BCUT2D eigenvalue weighted by molar-refractivity contribution is 0.0673. The average molecular weight is 251 g/mol. The van der Waals surface area contributed by atoms with Crippen LogP contribution in [-0.4, -0.2) is 27.1 Å². The molecule has 0 aromatic carbocycles. The molecule has 0 amide bonds. The fourth-order valence-electron chi connectivity index (χ4n) is 2.01. The molecule has 1 rings (SSSR count). The third-order valence-corrected chi connectivity index (χ3v) is 2.73. The first-order chi connectivity index (χ1) is 8.52. The van der Waals surface area contributed by atoms with E-state index in [-0.39, 0.29) is 11.3 Å². The van der Waals surface area contributed by atoms with Crippen molar-refractivity contribution in [1.82, 2.24) is 4.98 Å². The standard InChI is InChI=1S/C13H17NO4/c1-3-5-8-9(6-4-2)11(13(17)18)14-7-10(8)12(15)16/h7H,3-6H2,1-2H3,(H,15,16)(H,17,18). The fourth-order valence-corrected chi connectivity index (χ4v) is 2.01. The summed E-state index contributed by atoms with van der Waals surface area (Å²) in [6.07, 6.45) is 3.75. The Morgan fingerprint density at radius 3 is 2.06 bits per heavy atom. The smallest absolute Gasteiger partial charge is 0.354 e. The molecule has 0 saturated heterocycles. The highest BCUT2D eigenvalue weighted by Crippen LogP contribution is 2.21. The van der Waals surface area contributed by atoms with E-state index in [1.807, 2.05) is 13.8 Å². The summed E-state index contributed by atoms with van der Waals surface area (Å²) in [5.74, 6) is -2.16. The summed E-state index contributed by atoms with van der Waals surface area (Å²) in [6.45, 7) is 3.86. The number of aromatic carboxylic acids is 2. The SMILES string of the molecule is CCCc1c(C(=O)O)cnc(C(=O)O)c1CCC. The maximum atomic E-state index is 11.1. The van der Waals surface area contributed by atoms with Gasteiger partial charge in [-0.25, -0.2) is 14.6 Å². The molecule has 5 heteroatoms. The van der Waals surface area contributed by atoms with Crippen molar-refractivity contribution < 1.29 is 19.8 Å². The van der Waals surface area contributed by atoms with Gasteiger partial charge in [0.25, 0.3) is 0 Å². The molecule has 5 nitrogen and oxygen atoms in total. The molecule has 0 aliphatic heterocycles. The van der Waals surface area contributed by atoms with Crippen molar-refractivity contribution in [3.05, 3.63) is 28.6 Å². The molecular weight excluding hydrogens is 234 g/mol. The first kappa shape index (κ1) is 14.2. The van der Waals surface area contributed by atoms with Gasteiger partial charge in [-0.3, -0.25) is 0 Å². The topological polar surface area (TPSA) is 87.5 Å². The summed E-state index contributed by atoms with van der Waals surface area (Å²) < 4.78 is 0.